The molecule has 1 amide bonds. The van der Waals surface area contributed by atoms with Crippen LogP contribution >= 0.6 is 11.8 Å². The highest BCUT2D eigenvalue weighted by Crippen LogP contribution is 2.25. The van der Waals surface area contributed by atoms with Crippen molar-refractivity contribution in [3.63, 3.8) is 0 Å². The molecule has 0 saturated carbocycles. The molecule has 0 aliphatic heterocycles. The van der Waals surface area contributed by atoms with Crippen molar-refractivity contribution in [1.29, 1.82) is 0 Å². The molecule has 0 heterocycles. The Morgan fingerprint density at radius 1 is 1.21 bits per heavy atom. The van der Waals surface area contributed by atoms with Crippen LogP contribution in [0.15, 0.2) is 58.5 Å². The van der Waals surface area contributed by atoms with Gasteiger partial charge in [-0.2, -0.15) is 5.10 Å². The van der Waals surface area contributed by atoms with Crippen molar-refractivity contribution >= 4 is 23.9 Å². The minimum atomic E-state index is -0.287. The van der Waals surface area contributed by atoms with Crippen molar-refractivity contribution in [2.24, 2.45) is 5.10 Å². The lowest BCUT2D eigenvalue weighted by Crippen LogP contribution is -2.24. The van der Waals surface area contributed by atoms with Crippen LogP contribution in [0.3, 0.4) is 0 Å². The van der Waals surface area contributed by atoms with Gasteiger partial charge in [-0.05, 0) is 41.5 Å². The van der Waals surface area contributed by atoms with Crippen LogP contribution in [-0.4, -0.2) is 25.0 Å². The third kappa shape index (κ3) is 5.42. The third-order valence-electron chi connectivity index (χ3n) is 3.42. The lowest BCUT2D eigenvalue weighted by Gasteiger charge is -2.12. The second-order valence-electron chi connectivity index (χ2n) is 5.55. The van der Waals surface area contributed by atoms with Gasteiger partial charge in [0.15, 0.2) is 6.61 Å². The SMILES string of the molecule is CSc1ccc(/C=N/NC(=O)COc2ccccc2C(C)C)cc1. The van der Waals surface area contributed by atoms with E-state index in [4.69, 9.17) is 4.74 Å². The molecule has 2 aromatic rings. The number of hydrogen-bond donors (Lipinski definition) is 1. The minimum absolute atomic E-state index is 0.0630. The molecule has 2 aromatic carbocycles. The zero-order valence-electron chi connectivity index (χ0n) is 14.2. The first kappa shape index (κ1) is 18.1. The number of hydrazone groups is 1. The molecule has 0 saturated heterocycles. The van der Waals surface area contributed by atoms with E-state index in [1.807, 2.05) is 54.8 Å². The second-order valence-corrected chi connectivity index (χ2v) is 6.43. The van der Waals surface area contributed by atoms with Crippen LogP contribution in [0.4, 0.5) is 0 Å². The van der Waals surface area contributed by atoms with Gasteiger partial charge in [-0.3, -0.25) is 4.79 Å². The zero-order valence-corrected chi connectivity index (χ0v) is 15.0. The number of carbonyl (C=O) groups excluding carboxylic acids is 1. The predicted octanol–water partition coefficient (Wildman–Crippen LogP) is 4.06. The Kier molecular flexibility index (Phi) is 6.88. The maximum Gasteiger partial charge on any atom is 0.277 e. The quantitative estimate of drug-likeness (QED) is 0.469. The van der Waals surface area contributed by atoms with E-state index in [-0.39, 0.29) is 12.5 Å². The normalized spacial score (nSPS) is 11.0. The Morgan fingerprint density at radius 3 is 2.58 bits per heavy atom. The lowest BCUT2D eigenvalue weighted by molar-refractivity contribution is -0.123. The molecule has 0 atom stereocenters. The first-order chi connectivity index (χ1) is 11.6. The molecule has 0 bridgehead atoms. The maximum absolute atomic E-state index is 11.8. The summed E-state index contributed by atoms with van der Waals surface area (Å²) in [6.07, 6.45) is 3.64. The number of para-hydroxylation sites is 1. The monoisotopic (exact) mass is 342 g/mol. The van der Waals surface area contributed by atoms with Crippen LogP contribution in [0.1, 0.15) is 30.9 Å². The summed E-state index contributed by atoms with van der Waals surface area (Å²) in [5.41, 5.74) is 4.49. The fourth-order valence-corrected chi connectivity index (χ4v) is 2.54. The van der Waals surface area contributed by atoms with Gasteiger partial charge >= 0.3 is 0 Å². The van der Waals surface area contributed by atoms with Gasteiger partial charge in [-0.1, -0.05) is 44.2 Å². The number of rotatable bonds is 7. The summed E-state index contributed by atoms with van der Waals surface area (Å²) in [6.45, 7) is 4.12. The van der Waals surface area contributed by atoms with E-state index < -0.39 is 0 Å². The Bertz CT molecular complexity index is 697. The molecule has 5 heteroatoms. The molecule has 0 spiro atoms. The number of carbonyl (C=O) groups is 1. The van der Waals surface area contributed by atoms with Crippen LogP contribution in [-0.2, 0) is 4.79 Å². The number of thioether (sulfide) groups is 1. The van der Waals surface area contributed by atoms with Gasteiger partial charge in [0, 0.05) is 4.90 Å². The highest BCUT2D eigenvalue weighted by Gasteiger charge is 2.08. The van der Waals surface area contributed by atoms with Crippen molar-refractivity contribution in [3.05, 3.63) is 59.7 Å². The van der Waals surface area contributed by atoms with E-state index in [0.29, 0.717) is 5.92 Å². The molecule has 24 heavy (non-hydrogen) atoms. The van der Waals surface area contributed by atoms with E-state index in [1.165, 1.54) is 4.90 Å². The van der Waals surface area contributed by atoms with Crippen LogP contribution < -0.4 is 10.2 Å². The molecule has 0 unspecified atom stereocenters. The molecule has 0 aliphatic carbocycles. The number of benzene rings is 2. The summed E-state index contributed by atoms with van der Waals surface area (Å²) < 4.78 is 5.60. The van der Waals surface area contributed by atoms with Crippen LogP contribution in [0, 0.1) is 0 Å². The molecule has 126 valence electrons. The van der Waals surface area contributed by atoms with Gasteiger partial charge in [0.2, 0.25) is 0 Å². The highest BCUT2D eigenvalue weighted by molar-refractivity contribution is 7.98. The summed E-state index contributed by atoms with van der Waals surface area (Å²) in [5.74, 6) is 0.788. The molecule has 2 rings (SSSR count). The lowest BCUT2D eigenvalue weighted by atomic mass is 10.0. The standard InChI is InChI=1S/C19H22N2O2S/c1-14(2)17-6-4-5-7-18(17)23-13-19(22)21-20-12-15-8-10-16(24-3)11-9-15/h4-12,14H,13H2,1-3H3,(H,21,22)/b20-12+. The predicted molar refractivity (Wildman–Crippen MR) is 100.0 cm³/mol. The summed E-state index contributed by atoms with van der Waals surface area (Å²) >= 11 is 1.68. The molecule has 0 fully saturated rings. The fourth-order valence-electron chi connectivity index (χ4n) is 2.13. The number of hydrogen-bond acceptors (Lipinski definition) is 4. The summed E-state index contributed by atoms with van der Waals surface area (Å²) in [7, 11) is 0. The van der Waals surface area contributed by atoms with Crippen LogP contribution in [0.5, 0.6) is 5.75 Å². The van der Waals surface area contributed by atoms with Gasteiger partial charge in [-0.25, -0.2) is 5.43 Å². The molecule has 1 N–H and O–H groups in total. The molecule has 0 aromatic heterocycles. The van der Waals surface area contributed by atoms with E-state index in [2.05, 4.69) is 24.4 Å². The third-order valence-corrected chi connectivity index (χ3v) is 4.16. The maximum atomic E-state index is 11.8. The number of amides is 1. The zero-order chi connectivity index (χ0) is 17.4. The smallest absolute Gasteiger partial charge is 0.277 e. The first-order valence-corrected chi connectivity index (χ1v) is 9.00. The Balaban J connectivity index is 1.84. The van der Waals surface area contributed by atoms with Gasteiger partial charge in [-0.15, -0.1) is 11.8 Å². The first-order valence-electron chi connectivity index (χ1n) is 7.78. The van der Waals surface area contributed by atoms with Gasteiger partial charge in [0.1, 0.15) is 5.75 Å². The molecule has 4 nitrogen and oxygen atoms in total. The van der Waals surface area contributed by atoms with Crippen molar-refractivity contribution in [2.45, 2.75) is 24.7 Å². The van der Waals surface area contributed by atoms with E-state index in [9.17, 15) is 4.79 Å². The molecular formula is C19H22N2O2S. The van der Waals surface area contributed by atoms with Crippen molar-refractivity contribution in [1.82, 2.24) is 5.43 Å². The van der Waals surface area contributed by atoms with E-state index in [1.54, 1.807) is 18.0 Å². The summed E-state index contributed by atoms with van der Waals surface area (Å²) in [5, 5.41) is 3.96. The van der Waals surface area contributed by atoms with Crippen LogP contribution in [0.25, 0.3) is 0 Å². The van der Waals surface area contributed by atoms with Crippen LogP contribution in [0.2, 0.25) is 0 Å². The Hall–Kier alpha value is -2.27. The highest BCUT2D eigenvalue weighted by atomic mass is 32.2. The number of nitrogens with zero attached hydrogens (tertiary/aromatic N) is 1. The van der Waals surface area contributed by atoms with Crippen molar-refractivity contribution < 1.29 is 9.53 Å². The van der Waals surface area contributed by atoms with Gasteiger partial charge < -0.3 is 4.74 Å². The minimum Gasteiger partial charge on any atom is -0.483 e. The summed E-state index contributed by atoms with van der Waals surface area (Å²) in [6, 6.07) is 15.7. The Labute approximate surface area is 147 Å². The number of ether oxygens (including phenoxy) is 1. The molecule has 0 aliphatic rings. The molecular weight excluding hydrogens is 320 g/mol. The number of nitrogens with one attached hydrogen (secondary N) is 1. The van der Waals surface area contributed by atoms with Gasteiger partial charge in [0.25, 0.3) is 5.91 Å². The van der Waals surface area contributed by atoms with Crippen molar-refractivity contribution in [2.75, 3.05) is 12.9 Å². The topological polar surface area (TPSA) is 50.7 Å². The fraction of sp³-hybridized carbons (Fsp3) is 0.263. The average Bonchev–Trinajstić information content (AvgIpc) is 2.60. The Morgan fingerprint density at radius 2 is 1.92 bits per heavy atom. The van der Waals surface area contributed by atoms with Crippen molar-refractivity contribution in [3.8, 4) is 5.75 Å². The second kappa shape index (κ2) is 9.13. The average molecular weight is 342 g/mol. The van der Waals surface area contributed by atoms with E-state index >= 15 is 0 Å². The van der Waals surface area contributed by atoms with E-state index in [0.717, 1.165) is 16.9 Å². The largest absolute Gasteiger partial charge is 0.483 e. The molecule has 0 radical (unpaired) electrons. The van der Waals surface area contributed by atoms with Gasteiger partial charge in [0.05, 0.1) is 6.21 Å². The summed E-state index contributed by atoms with van der Waals surface area (Å²) in [4.78, 5) is 13.0.